The van der Waals surface area contributed by atoms with Gasteiger partial charge >= 0.3 is 0 Å². The fourth-order valence-corrected chi connectivity index (χ4v) is 2.18. The average molecular weight is 323 g/mol. The molecule has 17 heavy (non-hydrogen) atoms. The molecule has 0 amide bonds. The molecule has 96 valence electrons. The second kappa shape index (κ2) is 8.06. The summed E-state index contributed by atoms with van der Waals surface area (Å²) in [5, 5.41) is 18.5. The number of benzene rings is 1. The Bertz CT molecular complexity index is 349. The van der Waals surface area contributed by atoms with Gasteiger partial charge in [0.1, 0.15) is 0 Å². The van der Waals surface area contributed by atoms with E-state index in [0.717, 1.165) is 16.6 Å². The van der Waals surface area contributed by atoms with Crippen molar-refractivity contribution in [2.75, 3.05) is 26.3 Å². The monoisotopic (exact) mass is 321 g/mol. The van der Waals surface area contributed by atoms with Crippen molar-refractivity contribution in [1.29, 1.82) is 0 Å². The van der Waals surface area contributed by atoms with Crippen molar-refractivity contribution in [3.63, 3.8) is 0 Å². The number of halogens is 2. The van der Waals surface area contributed by atoms with Crippen LogP contribution in [0.5, 0.6) is 0 Å². The number of aliphatic hydroxyl groups is 2. The Labute approximate surface area is 115 Å². The molecule has 0 radical (unpaired) electrons. The van der Waals surface area contributed by atoms with Gasteiger partial charge in [0.2, 0.25) is 0 Å². The van der Waals surface area contributed by atoms with Crippen molar-refractivity contribution in [2.45, 2.75) is 13.0 Å². The van der Waals surface area contributed by atoms with Gasteiger partial charge in [-0.25, -0.2) is 0 Å². The van der Waals surface area contributed by atoms with Crippen LogP contribution in [0.3, 0.4) is 0 Å². The van der Waals surface area contributed by atoms with E-state index in [9.17, 15) is 0 Å². The molecule has 0 aliphatic rings. The molecule has 0 aliphatic carbocycles. The Kier molecular flexibility index (Phi) is 7.08. The van der Waals surface area contributed by atoms with Crippen molar-refractivity contribution in [3.8, 4) is 0 Å². The first-order chi connectivity index (χ1) is 8.17. The van der Waals surface area contributed by atoms with Gasteiger partial charge in [-0.15, -0.1) is 0 Å². The highest BCUT2D eigenvalue weighted by Crippen LogP contribution is 2.22. The summed E-state index contributed by atoms with van der Waals surface area (Å²) in [5.41, 5.74) is 1.09. The smallest absolute Gasteiger partial charge is 0.0558 e. The summed E-state index contributed by atoms with van der Waals surface area (Å²) in [6.45, 7) is 2.35. The van der Waals surface area contributed by atoms with E-state index in [1.165, 1.54) is 0 Å². The SMILES string of the molecule is OCCCN(CCO)Cc1cc(Cl)ccc1Br. The van der Waals surface area contributed by atoms with Crippen LogP contribution in [0.2, 0.25) is 5.02 Å². The molecule has 0 unspecified atom stereocenters. The Hall–Kier alpha value is -0.130. The second-order valence-corrected chi connectivity index (χ2v) is 5.10. The van der Waals surface area contributed by atoms with E-state index in [4.69, 9.17) is 21.8 Å². The van der Waals surface area contributed by atoms with Crippen molar-refractivity contribution >= 4 is 27.5 Å². The van der Waals surface area contributed by atoms with E-state index in [-0.39, 0.29) is 13.2 Å². The summed E-state index contributed by atoms with van der Waals surface area (Å²) in [6.07, 6.45) is 0.707. The van der Waals surface area contributed by atoms with E-state index in [1.807, 2.05) is 18.2 Å². The lowest BCUT2D eigenvalue weighted by Gasteiger charge is -2.21. The van der Waals surface area contributed by atoms with E-state index in [1.54, 1.807) is 0 Å². The first kappa shape index (κ1) is 14.9. The molecular weight excluding hydrogens is 305 g/mol. The second-order valence-electron chi connectivity index (χ2n) is 3.81. The largest absolute Gasteiger partial charge is 0.396 e. The van der Waals surface area contributed by atoms with Gasteiger partial charge in [-0.1, -0.05) is 27.5 Å². The van der Waals surface area contributed by atoms with Crippen molar-refractivity contribution in [1.82, 2.24) is 4.90 Å². The fraction of sp³-hybridized carbons (Fsp3) is 0.500. The minimum Gasteiger partial charge on any atom is -0.396 e. The van der Waals surface area contributed by atoms with E-state index in [0.29, 0.717) is 24.5 Å². The number of aliphatic hydroxyl groups excluding tert-OH is 2. The van der Waals surface area contributed by atoms with Gasteiger partial charge < -0.3 is 10.2 Å². The summed E-state index contributed by atoms with van der Waals surface area (Å²) < 4.78 is 1.01. The van der Waals surface area contributed by atoms with Gasteiger partial charge in [0, 0.05) is 35.7 Å². The number of hydrogen-bond donors (Lipinski definition) is 2. The van der Waals surface area contributed by atoms with Crippen LogP contribution in [-0.2, 0) is 6.54 Å². The van der Waals surface area contributed by atoms with E-state index >= 15 is 0 Å². The molecule has 0 aromatic heterocycles. The lowest BCUT2D eigenvalue weighted by molar-refractivity contribution is 0.174. The maximum atomic E-state index is 9.00. The summed E-state index contributed by atoms with van der Waals surface area (Å²) >= 11 is 9.43. The summed E-state index contributed by atoms with van der Waals surface area (Å²) in [6, 6.07) is 5.66. The van der Waals surface area contributed by atoms with Crippen molar-refractivity contribution in [2.24, 2.45) is 0 Å². The molecule has 0 fully saturated rings. The zero-order valence-corrected chi connectivity index (χ0v) is 11.9. The molecular formula is C12H17BrClNO2. The molecule has 1 aromatic carbocycles. The van der Waals surface area contributed by atoms with Crippen LogP contribution in [0.4, 0.5) is 0 Å². The zero-order chi connectivity index (χ0) is 12.7. The zero-order valence-electron chi connectivity index (χ0n) is 9.57. The molecule has 1 rings (SSSR count). The topological polar surface area (TPSA) is 43.7 Å². The van der Waals surface area contributed by atoms with Gasteiger partial charge in [-0.05, 0) is 30.2 Å². The first-order valence-electron chi connectivity index (χ1n) is 5.55. The fourth-order valence-electron chi connectivity index (χ4n) is 1.61. The third kappa shape index (κ3) is 5.36. The summed E-state index contributed by atoms with van der Waals surface area (Å²) in [4.78, 5) is 2.09. The number of nitrogens with zero attached hydrogens (tertiary/aromatic N) is 1. The molecule has 0 heterocycles. The third-order valence-electron chi connectivity index (χ3n) is 2.45. The minimum atomic E-state index is 0.115. The maximum absolute atomic E-state index is 9.00. The molecule has 0 spiro atoms. The van der Waals surface area contributed by atoms with Crippen LogP contribution in [-0.4, -0.2) is 41.4 Å². The Morgan fingerprint density at radius 3 is 2.59 bits per heavy atom. The molecule has 0 bridgehead atoms. The van der Waals surface area contributed by atoms with Crippen LogP contribution in [0.1, 0.15) is 12.0 Å². The molecule has 2 N–H and O–H groups in total. The van der Waals surface area contributed by atoms with Crippen LogP contribution in [0.15, 0.2) is 22.7 Å². The molecule has 0 saturated heterocycles. The van der Waals surface area contributed by atoms with Gasteiger partial charge in [-0.2, -0.15) is 0 Å². The highest BCUT2D eigenvalue weighted by molar-refractivity contribution is 9.10. The molecule has 0 aliphatic heterocycles. The normalized spacial score (nSPS) is 11.1. The standard InChI is InChI=1S/C12H17BrClNO2/c13-12-3-2-11(14)8-10(12)9-15(5-7-17)4-1-6-16/h2-3,8,16-17H,1,4-7,9H2. The molecule has 0 saturated carbocycles. The predicted octanol–water partition coefficient (Wildman–Crippen LogP) is 2.28. The van der Waals surface area contributed by atoms with Crippen LogP contribution in [0, 0.1) is 0 Å². The lowest BCUT2D eigenvalue weighted by Crippen LogP contribution is -2.28. The highest BCUT2D eigenvalue weighted by Gasteiger charge is 2.08. The van der Waals surface area contributed by atoms with Crippen LogP contribution in [0.25, 0.3) is 0 Å². The molecule has 5 heteroatoms. The first-order valence-corrected chi connectivity index (χ1v) is 6.72. The van der Waals surface area contributed by atoms with Gasteiger partial charge in [0.15, 0.2) is 0 Å². The highest BCUT2D eigenvalue weighted by atomic mass is 79.9. The number of rotatable bonds is 7. The van der Waals surface area contributed by atoms with Crippen LogP contribution < -0.4 is 0 Å². The van der Waals surface area contributed by atoms with Crippen molar-refractivity contribution < 1.29 is 10.2 Å². The van der Waals surface area contributed by atoms with Crippen molar-refractivity contribution in [3.05, 3.63) is 33.3 Å². The van der Waals surface area contributed by atoms with Gasteiger partial charge in [-0.3, -0.25) is 4.90 Å². The van der Waals surface area contributed by atoms with Crippen LogP contribution >= 0.6 is 27.5 Å². The Balaban J connectivity index is 2.67. The molecule has 1 aromatic rings. The Morgan fingerprint density at radius 1 is 1.18 bits per heavy atom. The third-order valence-corrected chi connectivity index (χ3v) is 3.46. The minimum absolute atomic E-state index is 0.115. The summed E-state index contributed by atoms with van der Waals surface area (Å²) in [5.74, 6) is 0. The molecule has 0 atom stereocenters. The Morgan fingerprint density at radius 2 is 1.94 bits per heavy atom. The maximum Gasteiger partial charge on any atom is 0.0558 e. The summed E-state index contributed by atoms with van der Waals surface area (Å²) in [7, 11) is 0. The molecule has 3 nitrogen and oxygen atoms in total. The number of hydrogen-bond acceptors (Lipinski definition) is 3. The quantitative estimate of drug-likeness (QED) is 0.809. The average Bonchev–Trinajstić information content (AvgIpc) is 2.31. The van der Waals surface area contributed by atoms with E-state index in [2.05, 4.69) is 20.8 Å². The van der Waals surface area contributed by atoms with Gasteiger partial charge in [0.25, 0.3) is 0 Å². The predicted molar refractivity (Wildman–Crippen MR) is 73.2 cm³/mol. The van der Waals surface area contributed by atoms with E-state index < -0.39 is 0 Å². The van der Waals surface area contributed by atoms with Gasteiger partial charge in [0.05, 0.1) is 6.61 Å². The lowest BCUT2D eigenvalue weighted by atomic mass is 10.2.